The SMILES string of the molecule is CC(N)C1(O)c2ccc(F)cc2COc2ccccc21. The summed E-state index contributed by atoms with van der Waals surface area (Å²) in [4.78, 5) is 0. The van der Waals surface area contributed by atoms with Crippen molar-refractivity contribution in [1.29, 1.82) is 0 Å². The molecular weight excluding hydrogens is 257 g/mol. The van der Waals surface area contributed by atoms with Crippen LogP contribution >= 0.6 is 0 Å². The summed E-state index contributed by atoms with van der Waals surface area (Å²) in [5, 5.41) is 11.2. The van der Waals surface area contributed by atoms with Crippen molar-refractivity contribution in [2.45, 2.75) is 25.2 Å². The molecule has 0 aromatic heterocycles. The van der Waals surface area contributed by atoms with Crippen molar-refractivity contribution in [3.8, 4) is 5.75 Å². The number of halogens is 1. The van der Waals surface area contributed by atoms with Crippen LogP contribution in [-0.4, -0.2) is 11.1 Å². The third-order valence-corrected chi connectivity index (χ3v) is 3.82. The number of hydrogen-bond donors (Lipinski definition) is 2. The van der Waals surface area contributed by atoms with E-state index in [-0.39, 0.29) is 12.4 Å². The Morgan fingerprint density at radius 3 is 2.75 bits per heavy atom. The Balaban J connectivity index is 2.31. The molecule has 3 nitrogen and oxygen atoms in total. The van der Waals surface area contributed by atoms with Gasteiger partial charge in [0.2, 0.25) is 0 Å². The molecule has 3 rings (SSSR count). The molecule has 0 amide bonds. The molecular formula is C16H16FNO2. The van der Waals surface area contributed by atoms with Crippen molar-refractivity contribution in [2.75, 3.05) is 0 Å². The summed E-state index contributed by atoms with van der Waals surface area (Å²) >= 11 is 0. The molecule has 0 radical (unpaired) electrons. The molecule has 2 aromatic rings. The first-order valence-electron chi connectivity index (χ1n) is 6.52. The van der Waals surface area contributed by atoms with Gasteiger partial charge in [-0.3, -0.25) is 0 Å². The van der Waals surface area contributed by atoms with E-state index in [1.807, 2.05) is 12.1 Å². The lowest BCUT2D eigenvalue weighted by Gasteiger charge is -2.33. The van der Waals surface area contributed by atoms with Crippen molar-refractivity contribution in [1.82, 2.24) is 0 Å². The van der Waals surface area contributed by atoms with Gasteiger partial charge in [-0.25, -0.2) is 4.39 Å². The summed E-state index contributed by atoms with van der Waals surface area (Å²) in [5.41, 5.74) is 6.47. The Kier molecular flexibility index (Phi) is 3.00. The second-order valence-corrected chi connectivity index (χ2v) is 5.14. The van der Waals surface area contributed by atoms with Gasteiger partial charge in [-0.05, 0) is 36.2 Å². The van der Waals surface area contributed by atoms with Crippen molar-refractivity contribution in [3.05, 3.63) is 65.0 Å². The fraction of sp³-hybridized carbons (Fsp3) is 0.250. The molecule has 2 aromatic carbocycles. The molecule has 0 aliphatic carbocycles. The van der Waals surface area contributed by atoms with E-state index in [1.54, 1.807) is 25.1 Å². The zero-order valence-corrected chi connectivity index (χ0v) is 11.1. The van der Waals surface area contributed by atoms with Crippen molar-refractivity contribution in [2.24, 2.45) is 5.73 Å². The number of ether oxygens (including phenoxy) is 1. The monoisotopic (exact) mass is 273 g/mol. The number of fused-ring (bicyclic) bond motifs is 2. The summed E-state index contributed by atoms with van der Waals surface area (Å²) < 4.78 is 19.1. The van der Waals surface area contributed by atoms with Crippen molar-refractivity contribution in [3.63, 3.8) is 0 Å². The zero-order chi connectivity index (χ0) is 14.3. The highest BCUT2D eigenvalue weighted by atomic mass is 19.1. The average Bonchev–Trinajstić information content (AvgIpc) is 2.56. The molecule has 0 saturated carbocycles. The second-order valence-electron chi connectivity index (χ2n) is 5.14. The van der Waals surface area contributed by atoms with E-state index >= 15 is 0 Å². The average molecular weight is 273 g/mol. The molecule has 104 valence electrons. The van der Waals surface area contributed by atoms with Crippen LogP contribution in [0.15, 0.2) is 42.5 Å². The normalized spacial score (nSPS) is 22.2. The topological polar surface area (TPSA) is 55.5 Å². The Morgan fingerprint density at radius 2 is 2.00 bits per heavy atom. The van der Waals surface area contributed by atoms with Crippen LogP contribution < -0.4 is 10.5 Å². The molecule has 20 heavy (non-hydrogen) atoms. The van der Waals surface area contributed by atoms with Gasteiger partial charge < -0.3 is 15.6 Å². The van der Waals surface area contributed by atoms with Gasteiger partial charge in [-0.1, -0.05) is 24.3 Å². The minimum Gasteiger partial charge on any atom is -0.488 e. The van der Waals surface area contributed by atoms with E-state index in [0.717, 1.165) is 0 Å². The first-order chi connectivity index (χ1) is 9.53. The fourth-order valence-electron chi connectivity index (χ4n) is 2.75. The number of aliphatic hydroxyl groups is 1. The van der Waals surface area contributed by atoms with E-state index in [2.05, 4.69) is 0 Å². The van der Waals surface area contributed by atoms with Crippen LogP contribution in [0.5, 0.6) is 5.75 Å². The smallest absolute Gasteiger partial charge is 0.133 e. The molecule has 2 atom stereocenters. The molecule has 4 heteroatoms. The van der Waals surface area contributed by atoms with E-state index in [0.29, 0.717) is 22.4 Å². The predicted molar refractivity (Wildman–Crippen MR) is 73.8 cm³/mol. The lowest BCUT2D eigenvalue weighted by molar-refractivity contribution is 0.0572. The maximum atomic E-state index is 13.4. The molecule has 0 bridgehead atoms. The molecule has 3 N–H and O–H groups in total. The highest BCUT2D eigenvalue weighted by molar-refractivity contribution is 5.50. The Morgan fingerprint density at radius 1 is 1.25 bits per heavy atom. The van der Waals surface area contributed by atoms with Gasteiger partial charge >= 0.3 is 0 Å². The van der Waals surface area contributed by atoms with E-state index in [9.17, 15) is 9.50 Å². The quantitative estimate of drug-likeness (QED) is 0.838. The highest BCUT2D eigenvalue weighted by Gasteiger charge is 2.41. The molecule has 2 unspecified atom stereocenters. The molecule has 1 aliphatic heterocycles. The van der Waals surface area contributed by atoms with Crippen molar-refractivity contribution < 1.29 is 14.2 Å². The largest absolute Gasteiger partial charge is 0.488 e. The van der Waals surface area contributed by atoms with Gasteiger partial charge in [-0.15, -0.1) is 0 Å². The van der Waals surface area contributed by atoms with Crippen LogP contribution in [0, 0.1) is 5.82 Å². The molecule has 1 heterocycles. The van der Waals surface area contributed by atoms with Crippen LogP contribution in [-0.2, 0) is 12.2 Å². The summed E-state index contributed by atoms with van der Waals surface area (Å²) in [6, 6.07) is 11.0. The van der Waals surface area contributed by atoms with Gasteiger partial charge in [-0.2, -0.15) is 0 Å². The van der Waals surface area contributed by atoms with Crippen LogP contribution in [0.1, 0.15) is 23.6 Å². The van der Waals surface area contributed by atoms with E-state index in [4.69, 9.17) is 10.5 Å². The first kappa shape index (κ1) is 13.1. The Bertz CT molecular complexity index is 657. The number of rotatable bonds is 1. The number of para-hydroxylation sites is 1. The number of benzene rings is 2. The summed E-state index contributed by atoms with van der Waals surface area (Å²) in [6.07, 6.45) is 0. The standard InChI is InChI=1S/C16H16FNO2/c1-10(18)16(19)13-7-6-12(17)8-11(13)9-20-15-5-3-2-4-14(15)16/h2-8,10,19H,9,18H2,1H3. The van der Waals surface area contributed by atoms with Crippen LogP contribution in [0.3, 0.4) is 0 Å². The minimum absolute atomic E-state index is 0.207. The summed E-state index contributed by atoms with van der Waals surface area (Å²) in [6.45, 7) is 1.94. The molecule has 0 saturated heterocycles. The van der Waals surface area contributed by atoms with Crippen molar-refractivity contribution >= 4 is 0 Å². The zero-order valence-electron chi connectivity index (χ0n) is 11.1. The van der Waals surface area contributed by atoms with Gasteiger partial charge in [0, 0.05) is 11.6 Å². The third-order valence-electron chi connectivity index (χ3n) is 3.82. The van der Waals surface area contributed by atoms with Crippen LogP contribution in [0.4, 0.5) is 4.39 Å². The van der Waals surface area contributed by atoms with Gasteiger partial charge in [0.1, 0.15) is 23.8 Å². The highest BCUT2D eigenvalue weighted by Crippen LogP contribution is 2.42. The van der Waals surface area contributed by atoms with Crippen LogP contribution in [0.2, 0.25) is 0 Å². The fourth-order valence-corrected chi connectivity index (χ4v) is 2.75. The molecule has 0 fully saturated rings. The number of hydrogen-bond acceptors (Lipinski definition) is 3. The predicted octanol–water partition coefficient (Wildman–Crippen LogP) is 2.30. The van der Waals surface area contributed by atoms with E-state index < -0.39 is 11.6 Å². The maximum Gasteiger partial charge on any atom is 0.133 e. The van der Waals surface area contributed by atoms with Crippen LogP contribution in [0.25, 0.3) is 0 Å². The maximum absolute atomic E-state index is 13.4. The summed E-state index contributed by atoms with van der Waals surface area (Å²) in [5.74, 6) is 0.217. The second kappa shape index (κ2) is 4.58. The Labute approximate surface area is 116 Å². The van der Waals surface area contributed by atoms with Gasteiger partial charge in [0.05, 0.1) is 0 Å². The van der Waals surface area contributed by atoms with Gasteiger partial charge in [0.25, 0.3) is 0 Å². The lowest BCUT2D eigenvalue weighted by Crippen LogP contribution is -2.44. The number of nitrogens with two attached hydrogens (primary N) is 1. The molecule has 0 spiro atoms. The van der Waals surface area contributed by atoms with E-state index in [1.165, 1.54) is 12.1 Å². The minimum atomic E-state index is -1.39. The lowest BCUT2D eigenvalue weighted by atomic mass is 9.79. The Hall–Kier alpha value is -1.91. The third kappa shape index (κ3) is 1.80. The van der Waals surface area contributed by atoms with Gasteiger partial charge in [0.15, 0.2) is 0 Å². The first-order valence-corrected chi connectivity index (χ1v) is 6.52. The summed E-state index contributed by atoms with van der Waals surface area (Å²) in [7, 11) is 0. The molecule has 1 aliphatic rings.